The van der Waals surface area contributed by atoms with E-state index < -0.39 is 0 Å². The minimum absolute atomic E-state index is 0.0771. The molecular weight excluding hydrogens is 302 g/mol. The number of amides is 1. The molecule has 4 nitrogen and oxygen atoms in total. The predicted molar refractivity (Wildman–Crippen MR) is 88.8 cm³/mol. The zero-order valence-corrected chi connectivity index (χ0v) is 14.5. The number of thiophene rings is 1. The molecule has 0 radical (unpaired) electrons. The van der Waals surface area contributed by atoms with Gasteiger partial charge in [0.1, 0.15) is 17.2 Å². The third-order valence-electron chi connectivity index (χ3n) is 2.78. The lowest BCUT2D eigenvalue weighted by Crippen LogP contribution is -3.09. The average Bonchev–Trinajstić information content (AvgIpc) is 2.94. The van der Waals surface area contributed by atoms with Gasteiger partial charge in [0, 0.05) is 21.9 Å². The fraction of sp³-hybridized carbons (Fsp3) is 0.467. The summed E-state index contributed by atoms with van der Waals surface area (Å²) in [6.45, 7) is 7.20. The first kappa shape index (κ1) is 16.1. The Kier molecular flexibility index (Phi) is 5.13. The van der Waals surface area contributed by atoms with E-state index in [9.17, 15) is 4.79 Å². The Morgan fingerprint density at radius 2 is 2.14 bits per heavy atom. The highest BCUT2D eigenvalue weighted by molar-refractivity contribution is 7.14. The second kappa shape index (κ2) is 6.68. The summed E-state index contributed by atoms with van der Waals surface area (Å²) in [6, 6.07) is 2.08. The number of likely N-dealkylation sites (N-methyl/N-ethyl adjacent to an activating group) is 1. The van der Waals surface area contributed by atoms with Crippen LogP contribution in [0.2, 0.25) is 0 Å². The third kappa shape index (κ3) is 5.22. The Balaban J connectivity index is 1.88. The quantitative estimate of drug-likeness (QED) is 0.881. The molecule has 0 fully saturated rings. The summed E-state index contributed by atoms with van der Waals surface area (Å²) < 4.78 is 0. The number of aromatic nitrogens is 1. The van der Waals surface area contributed by atoms with Crippen LogP contribution in [0, 0.1) is 0 Å². The van der Waals surface area contributed by atoms with Gasteiger partial charge in [0.15, 0.2) is 6.54 Å². The SMILES string of the molecule is C[NH+](CC(=O)NC(C)(C)C)Cc1csc(-c2ccsc2)n1. The number of quaternary nitrogens is 1. The van der Waals surface area contributed by atoms with Crippen molar-refractivity contribution < 1.29 is 9.69 Å². The van der Waals surface area contributed by atoms with Gasteiger partial charge in [0.05, 0.1) is 7.05 Å². The van der Waals surface area contributed by atoms with Gasteiger partial charge in [-0.15, -0.1) is 11.3 Å². The molecule has 0 bridgehead atoms. The molecule has 2 heterocycles. The van der Waals surface area contributed by atoms with Crippen molar-refractivity contribution >= 4 is 28.6 Å². The maximum absolute atomic E-state index is 11.9. The van der Waals surface area contributed by atoms with Crippen molar-refractivity contribution in [2.75, 3.05) is 13.6 Å². The van der Waals surface area contributed by atoms with Crippen LogP contribution in [-0.4, -0.2) is 30.0 Å². The molecule has 0 aromatic carbocycles. The van der Waals surface area contributed by atoms with Crippen molar-refractivity contribution in [2.45, 2.75) is 32.9 Å². The Hall–Kier alpha value is -1.24. The van der Waals surface area contributed by atoms with Crippen LogP contribution in [-0.2, 0) is 11.3 Å². The van der Waals surface area contributed by atoms with Gasteiger partial charge in [-0.3, -0.25) is 4.79 Å². The fourth-order valence-electron chi connectivity index (χ4n) is 2.02. The maximum atomic E-state index is 11.9. The highest BCUT2D eigenvalue weighted by Crippen LogP contribution is 2.25. The van der Waals surface area contributed by atoms with Gasteiger partial charge in [0.2, 0.25) is 0 Å². The molecule has 0 aliphatic rings. The molecule has 2 N–H and O–H groups in total. The largest absolute Gasteiger partial charge is 0.347 e. The molecule has 1 amide bonds. The van der Waals surface area contributed by atoms with E-state index in [-0.39, 0.29) is 11.4 Å². The van der Waals surface area contributed by atoms with Gasteiger partial charge in [-0.1, -0.05) is 0 Å². The molecule has 0 spiro atoms. The number of nitrogens with zero attached hydrogens (tertiary/aromatic N) is 1. The Morgan fingerprint density at radius 1 is 1.38 bits per heavy atom. The number of hydrogen-bond acceptors (Lipinski definition) is 4. The highest BCUT2D eigenvalue weighted by Gasteiger charge is 2.18. The molecule has 0 saturated carbocycles. The monoisotopic (exact) mass is 324 g/mol. The molecule has 0 aliphatic heterocycles. The minimum Gasteiger partial charge on any atom is -0.347 e. The summed E-state index contributed by atoms with van der Waals surface area (Å²) in [5.41, 5.74) is 2.05. The molecule has 21 heavy (non-hydrogen) atoms. The first-order chi connectivity index (χ1) is 9.83. The van der Waals surface area contributed by atoms with E-state index >= 15 is 0 Å². The van der Waals surface area contributed by atoms with E-state index in [2.05, 4.69) is 32.5 Å². The third-order valence-corrected chi connectivity index (χ3v) is 4.40. The van der Waals surface area contributed by atoms with Crippen LogP contribution >= 0.6 is 22.7 Å². The van der Waals surface area contributed by atoms with Crippen LogP contribution in [0.15, 0.2) is 22.2 Å². The second-order valence-corrected chi connectivity index (χ2v) is 7.90. The Morgan fingerprint density at radius 3 is 2.76 bits per heavy atom. The number of rotatable bonds is 5. The molecule has 6 heteroatoms. The second-order valence-electron chi connectivity index (χ2n) is 6.26. The standard InChI is InChI=1S/C15H21N3OS2/c1-15(2,3)17-13(19)8-18(4)7-12-10-21-14(16-12)11-5-6-20-9-11/h5-6,9-10H,7-8H2,1-4H3,(H,17,19)/p+1. The molecule has 0 saturated heterocycles. The molecule has 2 rings (SSSR count). The van der Waals surface area contributed by atoms with E-state index in [1.54, 1.807) is 22.7 Å². The summed E-state index contributed by atoms with van der Waals surface area (Å²) in [6.07, 6.45) is 0. The normalized spacial score (nSPS) is 13.1. The highest BCUT2D eigenvalue weighted by atomic mass is 32.1. The number of thiazole rings is 1. The first-order valence-electron chi connectivity index (χ1n) is 6.93. The molecule has 1 unspecified atom stereocenters. The van der Waals surface area contributed by atoms with Crippen molar-refractivity contribution in [3.63, 3.8) is 0 Å². The predicted octanol–water partition coefficient (Wildman–Crippen LogP) is 1.80. The van der Waals surface area contributed by atoms with Crippen LogP contribution in [0.1, 0.15) is 26.5 Å². The van der Waals surface area contributed by atoms with Crippen LogP contribution in [0.25, 0.3) is 10.6 Å². The smallest absolute Gasteiger partial charge is 0.275 e. The average molecular weight is 324 g/mol. The van der Waals surface area contributed by atoms with Crippen molar-refractivity contribution in [3.05, 3.63) is 27.9 Å². The molecule has 0 aliphatic carbocycles. The van der Waals surface area contributed by atoms with Gasteiger partial charge >= 0.3 is 0 Å². The van der Waals surface area contributed by atoms with Gasteiger partial charge in [-0.2, -0.15) is 11.3 Å². The van der Waals surface area contributed by atoms with Crippen LogP contribution < -0.4 is 10.2 Å². The van der Waals surface area contributed by atoms with Gasteiger partial charge in [-0.25, -0.2) is 4.98 Å². The van der Waals surface area contributed by atoms with Gasteiger partial charge in [0.25, 0.3) is 5.91 Å². The summed E-state index contributed by atoms with van der Waals surface area (Å²) in [5, 5.41) is 10.3. The van der Waals surface area contributed by atoms with Crippen molar-refractivity contribution in [1.29, 1.82) is 0 Å². The van der Waals surface area contributed by atoms with E-state index in [1.807, 2.05) is 27.8 Å². The molecule has 2 aromatic heterocycles. The summed E-state index contributed by atoms with van der Waals surface area (Å²) in [4.78, 5) is 17.7. The Bertz CT molecular complexity index is 584. The van der Waals surface area contributed by atoms with Crippen LogP contribution in [0.4, 0.5) is 0 Å². The van der Waals surface area contributed by atoms with Crippen LogP contribution in [0.5, 0.6) is 0 Å². The molecule has 114 valence electrons. The lowest BCUT2D eigenvalue weighted by Gasteiger charge is -2.21. The molecule has 2 aromatic rings. The maximum Gasteiger partial charge on any atom is 0.275 e. The number of hydrogen-bond donors (Lipinski definition) is 2. The minimum atomic E-state index is -0.176. The van der Waals surface area contributed by atoms with E-state index in [0.29, 0.717) is 6.54 Å². The van der Waals surface area contributed by atoms with E-state index in [0.717, 1.165) is 22.1 Å². The number of nitrogens with one attached hydrogen (secondary N) is 2. The van der Waals surface area contributed by atoms with Crippen molar-refractivity contribution in [1.82, 2.24) is 10.3 Å². The zero-order chi connectivity index (χ0) is 15.5. The summed E-state index contributed by atoms with van der Waals surface area (Å²) >= 11 is 3.34. The Labute approximate surface area is 133 Å². The molecule has 1 atom stereocenters. The van der Waals surface area contributed by atoms with Gasteiger partial charge in [-0.05, 0) is 32.2 Å². The molecular formula is C15H22N3OS2+. The number of carbonyl (C=O) groups is 1. The van der Waals surface area contributed by atoms with Crippen molar-refractivity contribution in [3.8, 4) is 10.6 Å². The summed E-state index contributed by atoms with van der Waals surface area (Å²) in [5.74, 6) is 0.0771. The summed E-state index contributed by atoms with van der Waals surface area (Å²) in [7, 11) is 2.02. The topological polar surface area (TPSA) is 46.4 Å². The van der Waals surface area contributed by atoms with Crippen LogP contribution in [0.3, 0.4) is 0 Å². The lowest BCUT2D eigenvalue weighted by molar-refractivity contribution is -0.885. The number of carbonyl (C=O) groups excluding carboxylic acids is 1. The zero-order valence-electron chi connectivity index (χ0n) is 12.9. The van der Waals surface area contributed by atoms with Crippen molar-refractivity contribution in [2.24, 2.45) is 0 Å². The lowest BCUT2D eigenvalue weighted by atomic mass is 10.1. The first-order valence-corrected chi connectivity index (χ1v) is 8.75. The fourth-order valence-corrected chi connectivity index (χ4v) is 3.55. The van der Waals surface area contributed by atoms with Gasteiger partial charge < -0.3 is 10.2 Å². The van der Waals surface area contributed by atoms with E-state index in [4.69, 9.17) is 0 Å². The van der Waals surface area contributed by atoms with E-state index in [1.165, 1.54) is 5.56 Å².